The fourth-order valence-electron chi connectivity index (χ4n) is 1.53. The summed E-state index contributed by atoms with van der Waals surface area (Å²) in [5.74, 6) is 2.85. The Bertz CT molecular complexity index is 219. The summed E-state index contributed by atoms with van der Waals surface area (Å²) in [5, 5.41) is 6.17. The first-order valence-electron chi connectivity index (χ1n) is 4.67. The largest absolute Gasteiger partial charge is 0.351 e. The van der Waals surface area contributed by atoms with Gasteiger partial charge in [0.25, 0.3) is 0 Å². The van der Waals surface area contributed by atoms with Gasteiger partial charge in [-0.2, -0.15) is 0 Å². The van der Waals surface area contributed by atoms with Crippen LogP contribution < -0.4 is 10.6 Å². The number of piperidine rings is 1. The predicted octanol–water partition coefficient (Wildman–Crippen LogP) is 0.124. The van der Waals surface area contributed by atoms with E-state index >= 15 is 0 Å². The highest BCUT2D eigenvalue weighted by atomic mass is 16.1. The molecule has 0 aromatic rings. The number of nitrogens with one attached hydrogen (secondary N) is 2. The molecule has 1 aliphatic rings. The third-order valence-corrected chi connectivity index (χ3v) is 2.44. The molecule has 0 spiro atoms. The highest BCUT2D eigenvalue weighted by Crippen LogP contribution is 2.10. The second kappa shape index (κ2) is 4.88. The summed E-state index contributed by atoms with van der Waals surface area (Å²) in [6.45, 7) is 4.06. The fourth-order valence-corrected chi connectivity index (χ4v) is 1.53. The Kier molecular flexibility index (Phi) is 3.78. The summed E-state index contributed by atoms with van der Waals surface area (Å²) < 4.78 is 0. The third kappa shape index (κ3) is 3.08. The summed E-state index contributed by atoms with van der Waals surface area (Å²) >= 11 is 0. The minimum Gasteiger partial charge on any atom is -0.351 e. The van der Waals surface area contributed by atoms with Gasteiger partial charge in [0.15, 0.2) is 0 Å². The standard InChI is InChI=1S/C10H16N2O/c1-3-4-10(13)12-9-7-11-6-5-8(9)2/h1,8-9,11H,4-7H2,2H3,(H,12,13). The number of terminal acetylenes is 1. The van der Waals surface area contributed by atoms with Crippen LogP contribution in [0.15, 0.2) is 0 Å². The normalized spacial score (nSPS) is 27.7. The first kappa shape index (κ1) is 10.1. The van der Waals surface area contributed by atoms with Gasteiger partial charge in [-0.1, -0.05) is 12.8 Å². The van der Waals surface area contributed by atoms with E-state index in [-0.39, 0.29) is 18.4 Å². The van der Waals surface area contributed by atoms with Gasteiger partial charge < -0.3 is 10.6 Å². The Balaban J connectivity index is 2.34. The maximum Gasteiger partial charge on any atom is 0.232 e. The number of carbonyl (C=O) groups is 1. The van der Waals surface area contributed by atoms with Crippen LogP contribution in [0.5, 0.6) is 0 Å². The summed E-state index contributed by atoms with van der Waals surface area (Å²) in [6.07, 6.45) is 6.34. The number of amides is 1. The van der Waals surface area contributed by atoms with Crippen molar-refractivity contribution in [3.05, 3.63) is 0 Å². The lowest BCUT2D eigenvalue weighted by Gasteiger charge is -2.29. The number of hydrogen-bond acceptors (Lipinski definition) is 2. The van der Waals surface area contributed by atoms with E-state index in [0.29, 0.717) is 5.92 Å². The Hall–Kier alpha value is -1.01. The maximum absolute atomic E-state index is 11.2. The van der Waals surface area contributed by atoms with E-state index in [9.17, 15) is 4.79 Å². The minimum absolute atomic E-state index is 0.0388. The van der Waals surface area contributed by atoms with Gasteiger partial charge in [-0.3, -0.25) is 4.79 Å². The summed E-state index contributed by atoms with van der Waals surface area (Å²) in [5.41, 5.74) is 0. The van der Waals surface area contributed by atoms with Crippen molar-refractivity contribution in [2.24, 2.45) is 5.92 Å². The first-order chi connectivity index (χ1) is 6.24. The number of hydrogen-bond donors (Lipinski definition) is 2. The van der Waals surface area contributed by atoms with Crippen LogP contribution in [-0.2, 0) is 4.79 Å². The second-order valence-corrected chi connectivity index (χ2v) is 3.52. The first-order valence-corrected chi connectivity index (χ1v) is 4.67. The van der Waals surface area contributed by atoms with Gasteiger partial charge in [0.2, 0.25) is 5.91 Å². The van der Waals surface area contributed by atoms with E-state index in [1.165, 1.54) is 0 Å². The smallest absolute Gasteiger partial charge is 0.232 e. The maximum atomic E-state index is 11.2. The molecule has 0 aromatic heterocycles. The molecule has 0 bridgehead atoms. The van der Waals surface area contributed by atoms with E-state index in [1.54, 1.807) is 0 Å². The fraction of sp³-hybridized carbons (Fsp3) is 0.700. The minimum atomic E-state index is -0.0388. The Morgan fingerprint density at radius 3 is 3.15 bits per heavy atom. The highest BCUT2D eigenvalue weighted by molar-refractivity contribution is 5.78. The lowest BCUT2D eigenvalue weighted by atomic mass is 9.95. The van der Waals surface area contributed by atoms with Crippen LogP contribution in [0.25, 0.3) is 0 Å². The Morgan fingerprint density at radius 2 is 2.54 bits per heavy atom. The molecule has 0 radical (unpaired) electrons. The van der Waals surface area contributed by atoms with Crippen LogP contribution in [0.4, 0.5) is 0 Å². The molecule has 2 unspecified atom stereocenters. The zero-order chi connectivity index (χ0) is 9.68. The SMILES string of the molecule is C#CCC(=O)NC1CNCCC1C. The van der Waals surface area contributed by atoms with E-state index < -0.39 is 0 Å². The molecule has 72 valence electrons. The van der Waals surface area contributed by atoms with Crippen molar-refractivity contribution in [3.8, 4) is 12.3 Å². The van der Waals surface area contributed by atoms with Crippen molar-refractivity contribution >= 4 is 5.91 Å². The molecule has 1 fully saturated rings. The number of carbonyl (C=O) groups excluding carboxylic acids is 1. The van der Waals surface area contributed by atoms with Gasteiger partial charge in [-0.25, -0.2) is 0 Å². The van der Waals surface area contributed by atoms with E-state index in [2.05, 4.69) is 23.5 Å². The average molecular weight is 180 g/mol. The number of rotatable bonds is 2. The molecule has 0 aromatic carbocycles. The molecular formula is C10H16N2O. The van der Waals surface area contributed by atoms with Crippen molar-refractivity contribution in [1.29, 1.82) is 0 Å². The Morgan fingerprint density at radius 1 is 1.77 bits per heavy atom. The second-order valence-electron chi connectivity index (χ2n) is 3.52. The van der Waals surface area contributed by atoms with Crippen molar-refractivity contribution < 1.29 is 4.79 Å². The average Bonchev–Trinajstić information content (AvgIpc) is 2.09. The van der Waals surface area contributed by atoms with Crippen LogP contribution in [0.1, 0.15) is 19.8 Å². The van der Waals surface area contributed by atoms with Gasteiger partial charge in [0.1, 0.15) is 0 Å². The molecule has 3 nitrogen and oxygen atoms in total. The lowest BCUT2D eigenvalue weighted by molar-refractivity contribution is -0.121. The monoisotopic (exact) mass is 180 g/mol. The molecule has 2 N–H and O–H groups in total. The third-order valence-electron chi connectivity index (χ3n) is 2.44. The van der Waals surface area contributed by atoms with Gasteiger partial charge in [0.05, 0.1) is 6.42 Å². The molecule has 0 saturated carbocycles. The van der Waals surface area contributed by atoms with Gasteiger partial charge in [0, 0.05) is 12.6 Å². The van der Waals surface area contributed by atoms with Crippen LogP contribution >= 0.6 is 0 Å². The molecular weight excluding hydrogens is 164 g/mol. The lowest BCUT2D eigenvalue weighted by Crippen LogP contribution is -2.50. The molecule has 1 aliphatic heterocycles. The van der Waals surface area contributed by atoms with E-state index in [1.807, 2.05) is 0 Å². The Labute approximate surface area is 79.3 Å². The van der Waals surface area contributed by atoms with E-state index in [4.69, 9.17) is 6.42 Å². The topological polar surface area (TPSA) is 41.1 Å². The molecule has 3 heteroatoms. The van der Waals surface area contributed by atoms with Crippen LogP contribution in [-0.4, -0.2) is 25.0 Å². The van der Waals surface area contributed by atoms with Crippen LogP contribution in [0.3, 0.4) is 0 Å². The zero-order valence-electron chi connectivity index (χ0n) is 7.97. The van der Waals surface area contributed by atoms with Crippen LogP contribution in [0, 0.1) is 18.3 Å². The van der Waals surface area contributed by atoms with Crippen molar-refractivity contribution in [2.75, 3.05) is 13.1 Å². The summed E-state index contributed by atoms with van der Waals surface area (Å²) in [7, 11) is 0. The molecule has 1 saturated heterocycles. The predicted molar refractivity (Wildman–Crippen MR) is 52.0 cm³/mol. The van der Waals surface area contributed by atoms with Crippen molar-refractivity contribution in [1.82, 2.24) is 10.6 Å². The molecule has 0 aliphatic carbocycles. The van der Waals surface area contributed by atoms with Crippen molar-refractivity contribution in [3.63, 3.8) is 0 Å². The van der Waals surface area contributed by atoms with Crippen molar-refractivity contribution in [2.45, 2.75) is 25.8 Å². The summed E-state index contributed by atoms with van der Waals surface area (Å²) in [6, 6.07) is 0.245. The van der Waals surface area contributed by atoms with Gasteiger partial charge in [-0.05, 0) is 18.9 Å². The molecule has 1 heterocycles. The highest BCUT2D eigenvalue weighted by Gasteiger charge is 2.21. The van der Waals surface area contributed by atoms with Gasteiger partial charge >= 0.3 is 0 Å². The molecule has 1 rings (SSSR count). The van der Waals surface area contributed by atoms with Crippen LogP contribution in [0.2, 0.25) is 0 Å². The summed E-state index contributed by atoms with van der Waals surface area (Å²) in [4.78, 5) is 11.2. The quantitative estimate of drug-likeness (QED) is 0.593. The van der Waals surface area contributed by atoms with E-state index in [0.717, 1.165) is 19.5 Å². The molecule has 13 heavy (non-hydrogen) atoms. The van der Waals surface area contributed by atoms with Gasteiger partial charge in [-0.15, -0.1) is 6.42 Å². The molecule has 1 amide bonds. The zero-order valence-corrected chi connectivity index (χ0v) is 7.97. The molecule has 2 atom stereocenters.